The molecule has 1 spiro atoms. The van der Waals surface area contributed by atoms with E-state index >= 15 is 0 Å². The summed E-state index contributed by atoms with van der Waals surface area (Å²) in [6.45, 7) is 2.47. The van der Waals surface area contributed by atoms with Gasteiger partial charge in [0.05, 0.1) is 6.10 Å². The molecule has 4 aliphatic carbocycles. The minimum atomic E-state index is -0.105. The van der Waals surface area contributed by atoms with Crippen molar-refractivity contribution >= 4 is 0 Å². The summed E-state index contributed by atoms with van der Waals surface area (Å²) in [6.07, 6.45) is 5.54. The molecule has 2 N–H and O–H groups in total. The molecule has 0 heterocycles. The van der Waals surface area contributed by atoms with E-state index in [1.54, 1.807) is 0 Å². The van der Waals surface area contributed by atoms with Gasteiger partial charge in [-0.1, -0.05) is 43.3 Å². The number of rotatable bonds is 1. The summed E-state index contributed by atoms with van der Waals surface area (Å²) < 4.78 is 0. The van der Waals surface area contributed by atoms with Gasteiger partial charge in [-0.3, -0.25) is 0 Å². The van der Waals surface area contributed by atoms with Gasteiger partial charge in [0.1, 0.15) is 5.75 Å². The van der Waals surface area contributed by atoms with Crippen molar-refractivity contribution in [3.63, 3.8) is 0 Å². The molecule has 0 unspecified atom stereocenters. The SMILES string of the molecule is C[C@]12CC[C@@H]3c4ccc(O)cc4C[C@@H](c4ccccc4)[C@H]3[C@@]13C[C@H]3[C@H](O)C2. The molecule has 3 saturated carbocycles. The molecule has 3 fully saturated rings. The standard InChI is InChI=1S/C25H28O2/c1-24-10-9-19-18-8-7-17(26)11-16(18)12-20(15-5-3-2-4-6-15)23(19)25(24)13-21(25)22(27)14-24/h2-8,11,19-23,26-27H,9-10,12-14H2,1H3/t19-,20+,21+,22-,23+,24-,25+/m1/s1. The molecule has 4 aliphatic rings. The monoisotopic (exact) mass is 360 g/mol. The van der Waals surface area contributed by atoms with Gasteiger partial charge in [-0.25, -0.2) is 0 Å². The minimum Gasteiger partial charge on any atom is -0.508 e. The maximum absolute atomic E-state index is 10.8. The Morgan fingerprint density at radius 3 is 2.59 bits per heavy atom. The van der Waals surface area contributed by atoms with Crippen molar-refractivity contribution in [2.75, 3.05) is 0 Å². The summed E-state index contributed by atoms with van der Waals surface area (Å²) in [5, 5.41) is 20.9. The van der Waals surface area contributed by atoms with Crippen LogP contribution in [-0.2, 0) is 6.42 Å². The number of benzene rings is 2. The summed E-state index contributed by atoms with van der Waals surface area (Å²) in [5.41, 5.74) is 4.84. The first-order valence-corrected chi connectivity index (χ1v) is 10.6. The van der Waals surface area contributed by atoms with Crippen LogP contribution in [0.15, 0.2) is 48.5 Å². The summed E-state index contributed by atoms with van der Waals surface area (Å²) in [5.74, 6) is 2.54. The lowest BCUT2D eigenvalue weighted by Crippen LogP contribution is -2.46. The molecule has 0 aromatic heterocycles. The van der Waals surface area contributed by atoms with Gasteiger partial charge in [0.2, 0.25) is 0 Å². The highest BCUT2D eigenvalue weighted by Crippen LogP contribution is 2.82. The first kappa shape index (κ1) is 16.2. The highest BCUT2D eigenvalue weighted by Gasteiger charge is 2.77. The summed E-state index contributed by atoms with van der Waals surface area (Å²) in [6, 6.07) is 17.1. The highest BCUT2D eigenvalue weighted by molar-refractivity contribution is 5.45. The van der Waals surface area contributed by atoms with E-state index in [2.05, 4.69) is 43.3 Å². The van der Waals surface area contributed by atoms with E-state index in [1.165, 1.54) is 36.0 Å². The van der Waals surface area contributed by atoms with Crippen LogP contribution in [0.25, 0.3) is 0 Å². The van der Waals surface area contributed by atoms with Crippen LogP contribution in [0.4, 0.5) is 0 Å². The van der Waals surface area contributed by atoms with E-state index in [4.69, 9.17) is 0 Å². The third-order valence-corrected chi connectivity index (χ3v) is 8.97. The van der Waals surface area contributed by atoms with Gasteiger partial charge in [0.15, 0.2) is 0 Å². The smallest absolute Gasteiger partial charge is 0.115 e. The molecular formula is C25H28O2. The fraction of sp³-hybridized carbons (Fsp3) is 0.520. The fourth-order valence-corrected chi connectivity index (χ4v) is 7.91. The van der Waals surface area contributed by atoms with Gasteiger partial charge in [-0.15, -0.1) is 0 Å². The predicted molar refractivity (Wildman–Crippen MR) is 106 cm³/mol. The van der Waals surface area contributed by atoms with Gasteiger partial charge in [-0.05, 0) is 95.4 Å². The number of phenolic OH excluding ortho intramolecular Hbond substituents is 1. The molecule has 140 valence electrons. The van der Waals surface area contributed by atoms with E-state index in [-0.39, 0.29) is 6.10 Å². The number of aliphatic hydroxyl groups excluding tert-OH is 1. The van der Waals surface area contributed by atoms with Crippen molar-refractivity contribution in [1.29, 1.82) is 0 Å². The average Bonchev–Trinajstić information content (AvgIpc) is 3.37. The van der Waals surface area contributed by atoms with Crippen LogP contribution in [0.2, 0.25) is 0 Å². The van der Waals surface area contributed by atoms with Crippen molar-refractivity contribution in [1.82, 2.24) is 0 Å². The highest BCUT2D eigenvalue weighted by atomic mass is 16.3. The van der Waals surface area contributed by atoms with E-state index in [0.717, 1.165) is 12.8 Å². The van der Waals surface area contributed by atoms with E-state index in [9.17, 15) is 10.2 Å². The molecule has 0 amide bonds. The third kappa shape index (κ3) is 1.95. The Morgan fingerprint density at radius 2 is 1.81 bits per heavy atom. The molecule has 0 saturated heterocycles. The van der Waals surface area contributed by atoms with Gasteiger partial charge in [0.25, 0.3) is 0 Å². The van der Waals surface area contributed by atoms with Gasteiger partial charge < -0.3 is 10.2 Å². The molecule has 7 atom stereocenters. The molecule has 2 aromatic rings. The van der Waals surface area contributed by atoms with Crippen LogP contribution in [0.5, 0.6) is 5.75 Å². The van der Waals surface area contributed by atoms with Gasteiger partial charge >= 0.3 is 0 Å². The molecule has 2 aromatic carbocycles. The Morgan fingerprint density at radius 1 is 1.00 bits per heavy atom. The molecule has 27 heavy (non-hydrogen) atoms. The first-order valence-electron chi connectivity index (χ1n) is 10.6. The summed E-state index contributed by atoms with van der Waals surface area (Å²) >= 11 is 0. The van der Waals surface area contributed by atoms with E-state index < -0.39 is 0 Å². The Bertz CT molecular complexity index is 906. The van der Waals surface area contributed by atoms with Gasteiger partial charge in [-0.2, -0.15) is 0 Å². The maximum Gasteiger partial charge on any atom is 0.115 e. The summed E-state index contributed by atoms with van der Waals surface area (Å²) in [7, 11) is 0. The topological polar surface area (TPSA) is 40.5 Å². The lowest BCUT2D eigenvalue weighted by Gasteiger charge is -2.54. The molecule has 2 heteroatoms. The lowest BCUT2D eigenvalue weighted by atomic mass is 9.49. The third-order valence-electron chi connectivity index (χ3n) is 8.97. The Balaban J connectivity index is 1.54. The van der Waals surface area contributed by atoms with Crippen molar-refractivity contribution in [2.24, 2.45) is 22.7 Å². The minimum absolute atomic E-state index is 0.105. The Labute approximate surface area is 161 Å². The second kappa shape index (κ2) is 5.17. The average molecular weight is 360 g/mol. The number of phenols is 1. The van der Waals surface area contributed by atoms with Crippen molar-refractivity contribution in [3.05, 3.63) is 65.2 Å². The second-order valence-electron chi connectivity index (χ2n) is 9.96. The van der Waals surface area contributed by atoms with Crippen molar-refractivity contribution in [2.45, 2.75) is 57.0 Å². The number of fused-ring (bicyclic) bond motifs is 3. The number of aliphatic hydroxyl groups is 1. The van der Waals surface area contributed by atoms with Crippen LogP contribution in [0, 0.1) is 22.7 Å². The molecule has 6 rings (SSSR count). The van der Waals surface area contributed by atoms with Crippen LogP contribution in [0.3, 0.4) is 0 Å². The molecule has 0 aliphatic heterocycles. The van der Waals surface area contributed by atoms with E-state index in [0.29, 0.717) is 40.3 Å². The second-order valence-corrected chi connectivity index (χ2v) is 9.96. The predicted octanol–water partition coefficient (Wildman–Crippen LogP) is 5.00. The zero-order valence-electron chi connectivity index (χ0n) is 15.9. The molecule has 0 bridgehead atoms. The van der Waals surface area contributed by atoms with Crippen LogP contribution in [-0.4, -0.2) is 16.3 Å². The normalized spacial score (nSPS) is 44.0. The van der Waals surface area contributed by atoms with Gasteiger partial charge in [0, 0.05) is 0 Å². The Kier molecular flexibility index (Phi) is 3.10. The zero-order chi connectivity index (χ0) is 18.4. The number of aromatic hydroxyl groups is 1. The van der Waals surface area contributed by atoms with Crippen LogP contribution in [0.1, 0.15) is 61.1 Å². The quantitative estimate of drug-likeness (QED) is 0.751. The first-order chi connectivity index (χ1) is 13.0. The molecular weight excluding hydrogens is 332 g/mol. The largest absolute Gasteiger partial charge is 0.508 e. The zero-order valence-corrected chi connectivity index (χ0v) is 15.9. The number of hydrogen-bond acceptors (Lipinski definition) is 2. The lowest BCUT2D eigenvalue weighted by molar-refractivity contribution is 0.00636. The van der Waals surface area contributed by atoms with Crippen molar-refractivity contribution in [3.8, 4) is 5.75 Å². The van der Waals surface area contributed by atoms with Crippen molar-refractivity contribution < 1.29 is 10.2 Å². The Hall–Kier alpha value is -1.80. The maximum atomic E-state index is 10.8. The number of hydrogen-bond donors (Lipinski definition) is 2. The van der Waals surface area contributed by atoms with E-state index in [1.807, 2.05) is 12.1 Å². The molecule has 0 radical (unpaired) electrons. The summed E-state index contributed by atoms with van der Waals surface area (Å²) in [4.78, 5) is 0. The van der Waals surface area contributed by atoms with Crippen LogP contribution >= 0.6 is 0 Å². The van der Waals surface area contributed by atoms with Crippen LogP contribution < -0.4 is 0 Å². The fourth-order valence-electron chi connectivity index (χ4n) is 7.91. The molecule has 2 nitrogen and oxygen atoms in total.